The second-order valence-corrected chi connectivity index (χ2v) is 7.60. The van der Waals surface area contributed by atoms with E-state index >= 15 is 0 Å². The normalized spacial score (nSPS) is 12.6. The van der Waals surface area contributed by atoms with E-state index in [0.29, 0.717) is 12.6 Å². The summed E-state index contributed by atoms with van der Waals surface area (Å²) in [6, 6.07) is 11.0. The molecule has 2 aromatic rings. The van der Waals surface area contributed by atoms with Gasteiger partial charge in [0.05, 0.1) is 6.54 Å². The summed E-state index contributed by atoms with van der Waals surface area (Å²) in [7, 11) is 2.16. The van der Waals surface area contributed by atoms with Crippen molar-refractivity contribution in [2.45, 2.75) is 46.3 Å². The fourth-order valence-electron chi connectivity index (χ4n) is 2.50. The number of likely N-dealkylation sites (N-methyl/N-ethyl adjacent to an activating group) is 1. The summed E-state index contributed by atoms with van der Waals surface area (Å²) in [5.74, 6) is 0.848. The van der Waals surface area contributed by atoms with Gasteiger partial charge in [-0.2, -0.15) is 0 Å². The number of hydrogen-bond acceptors (Lipinski definition) is 4. The fraction of sp³-hybridized carbons (Fsp3) is 0.500. The van der Waals surface area contributed by atoms with Crippen LogP contribution in [0.25, 0.3) is 0 Å². The molecule has 0 bridgehead atoms. The van der Waals surface area contributed by atoms with Gasteiger partial charge in [-0.3, -0.25) is 4.90 Å². The first kappa shape index (κ1) is 23.8. The molecule has 0 spiro atoms. The number of nitrogens with zero attached hydrogens (tertiary/aromatic N) is 3. The zero-order valence-corrected chi connectivity index (χ0v) is 19.9. The van der Waals surface area contributed by atoms with Crippen LogP contribution in [-0.4, -0.2) is 42.0 Å². The van der Waals surface area contributed by atoms with Crippen LogP contribution in [0.5, 0.6) is 0 Å². The lowest BCUT2D eigenvalue weighted by atomic mass is 10.2. The van der Waals surface area contributed by atoms with E-state index in [0.717, 1.165) is 37.0 Å². The molecule has 0 aliphatic rings. The SMILES string of the molecule is CCNC(=NCc1ncc(CC)s1)NCC(C)N(C)Cc1ccccc1.I. The van der Waals surface area contributed by atoms with E-state index in [-0.39, 0.29) is 24.0 Å². The Bertz CT molecular complexity index is 674. The number of benzene rings is 1. The lowest BCUT2D eigenvalue weighted by molar-refractivity contribution is 0.249. The molecule has 0 radical (unpaired) electrons. The second kappa shape index (κ2) is 13.1. The van der Waals surface area contributed by atoms with Crippen molar-refractivity contribution >= 4 is 41.3 Å². The summed E-state index contributed by atoms with van der Waals surface area (Å²) in [6.45, 7) is 9.71. The number of thiazole rings is 1. The van der Waals surface area contributed by atoms with Crippen molar-refractivity contribution in [2.24, 2.45) is 4.99 Å². The Morgan fingerprint density at radius 2 is 1.96 bits per heavy atom. The third kappa shape index (κ3) is 8.57. The minimum atomic E-state index is 0. The van der Waals surface area contributed by atoms with Gasteiger partial charge in [-0.1, -0.05) is 37.3 Å². The molecule has 1 aromatic carbocycles. The minimum Gasteiger partial charge on any atom is -0.357 e. The Morgan fingerprint density at radius 3 is 2.59 bits per heavy atom. The quantitative estimate of drug-likeness (QED) is 0.311. The average molecular weight is 501 g/mol. The van der Waals surface area contributed by atoms with Gasteiger partial charge in [0.25, 0.3) is 0 Å². The van der Waals surface area contributed by atoms with Gasteiger partial charge in [0, 0.05) is 36.8 Å². The molecule has 0 amide bonds. The van der Waals surface area contributed by atoms with Gasteiger partial charge >= 0.3 is 0 Å². The van der Waals surface area contributed by atoms with E-state index in [2.05, 4.69) is 83.7 Å². The Labute approximate surface area is 184 Å². The number of aryl methyl sites for hydroxylation is 1. The van der Waals surface area contributed by atoms with Crippen molar-refractivity contribution in [3.63, 3.8) is 0 Å². The van der Waals surface area contributed by atoms with Crippen LogP contribution >= 0.6 is 35.3 Å². The van der Waals surface area contributed by atoms with Crippen LogP contribution in [-0.2, 0) is 19.5 Å². The van der Waals surface area contributed by atoms with Gasteiger partial charge in [0.1, 0.15) is 5.01 Å². The van der Waals surface area contributed by atoms with Crippen molar-refractivity contribution in [1.82, 2.24) is 20.5 Å². The third-order valence-corrected chi connectivity index (χ3v) is 5.39. The third-order valence-electron chi connectivity index (χ3n) is 4.26. The van der Waals surface area contributed by atoms with Crippen molar-refractivity contribution in [3.8, 4) is 0 Å². The lowest BCUT2D eigenvalue weighted by Gasteiger charge is -2.25. The van der Waals surface area contributed by atoms with Crippen LogP contribution < -0.4 is 10.6 Å². The van der Waals surface area contributed by atoms with Gasteiger partial charge in [-0.25, -0.2) is 9.98 Å². The maximum Gasteiger partial charge on any atom is 0.191 e. The largest absolute Gasteiger partial charge is 0.357 e. The highest BCUT2D eigenvalue weighted by atomic mass is 127. The summed E-state index contributed by atoms with van der Waals surface area (Å²) in [5, 5.41) is 7.83. The molecule has 7 heteroatoms. The standard InChI is InChI=1S/C20H31N5S.HI/c1-5-18-13-22-19(26-18)14-24-20(21-6-2)23-12-16(3)25(4)15-17-10-8-7-9-11-17;/h7-11,13,16H,5-6,12,14-15H2,1-4H3,(H2,21,23,24);1H. The zero-order chi connectivity index (χ0) is 18.8. The van der Waals surface area contributed by atoms with Gasteiger partial charge in [-0.15, -0.1) is 35.3 Å². The maximum atomic E-state index is 4.67. The van der Waals surface area contributed by atoms with Gasteiger partial charge in [0.2, 0.25) is 0 Å². The zero-order valence-electron chi connectivity index (χ0n) is 16.7. The van der Waals surface area contributed by atoms with Gasteiger partial charge < -0.3 is 10.6 Å². The van der Waals surface area contributed by atoms with Crippen LogP contribution in [0, 0.1) is 0 Å². The van der Waals surface area contributed by atoms with Gasteiger partial charge in [-0.05, 0) is 32.9 Å². The molecule has 1 heterocycles. The molecule has 27 heavy (non-hydrogen) atoms. The number of rotatable bonds is 9. The van der Waals surface area contributed by atoms with Crippen LogP contribution in [0.3, 0.4) is 0 Å². The summed E-state index contributed by atoms with van der Waals surface area (Å²) < 4.78 is 0. The number of halogens is 1. The smallest absolute Gasteiger partial charge is 0.191 e. The number of nitrogens with one attached hydrogen (secondary N) is 2. The molecule has 2 rings (SSSR count). The van der Waals surface area contributed by atoms with Crippen molar-refractivity contribution in [2.75, 3.05) is 20.1 Å². The molecular weight excluding hydrogens is 469 g/mol. The first-order chi connectivity index (χ1) is 12.6. The predicted molar refractivity (Wildman–Crippen MR) is 127 cm³/mol. The molecule has 0 aliphatic carbocycles. The Kier molecular flexibility index (Phi) is 11.5. The predicted octanol–water partition coefficient (Wildman–Crippen LogP) is 3.90. The molecule has 0 fully saturated rings. The summed E-state index contributed by atoms with van der Waals surface area (Å²) in [4.78, 5) is 12.8. The Hall–Kier alpha value is -1.19. The molecule has 1 aromatic heterocycles. The van der Waals surface area contributed by atoms with E-state index in [9.17, 15) is 0 Å². The molecule has 1 unspecified atom stereocenters. The molecule has 1 atom stereocenters. The summed E-state index contributed by atoms with van der Waals surface area (Å²) in [6.07, 6.45) is 2.99. The monoisotopic (exact) mass is 501 g/mol. The van der Waals surface area contributed by atoms with Crippen LogP contribution in [0.15, 0.2) is 41.5 Å². The highest BCUT2D eigenvalue weighted by molar-refractivity contribution is 14.0. The number of hydrogen-bond donors (Lipinski definition) is 2. The number of aliphatic imine (C=N–C) groups is 1. The van der Waals surface area contributed by atoms with Crippen LogP contribution in [0.2, 0.25) is 0 Å². The molecule has 2 N–H and O–H groups in total. The van der Waals surface area contributed by atoms with Gasteiger partial charge in [0.15, 0.2) is 5.96 Å². The molecule has 150 valence electrons. The van der Waals surface area contributed by atoms with E-state index in [1.54, 1.807) is 11.3 Å². The lowest BCUT2D eigenvalue weighted by Crippen LogP contribution is -2.44. The highest BCUT2D eigenvalue weighted by Crippen LogP contribution is 2.14. The number of guanidine groups is 1. The molecule has 0 saturated heterocycles. The fourth-order valence-corrected chi connectivity index (χ4v) is 3.29. The van der Waals surface area contributed by atoms with Crippen LogP contribution in [0.1, 0.15) is 36.2 Å². The van der Waals surface area contributed by atoms with Crippen LogP contribution in [0.4, 0.5) is 0 Å². The highest BCUT2D eigenvalue weighted by Gasteiger charge is 2.10. The molecule has 5 nitrogen and oxygen atoms in total. The van der Waals surface area contributed by atoms with E-state index in [4.69, 9.17) is 0 Å². The first-order valence-corrected chi connectivity index (χ1v) is 10.1. The van der Waals surface area contributed by atoms with Crippen molar-refractivity contribution < 1.29 is 0 Å². The molecule has 0 aliphatic heterocycles. The number of aromatic nitrogens is 1. The summed E-state index contributed by atoms with van der Waals surface area (Å²) in [5.41, 5.74) is 1.33. The van der Waals surface area contributed by atoms with Crippen molar-refractivity contribution in [1.29, 1.82) is 0 Å². The summed E-state index contributed by atoms with van der Waals surface area (Å²) >= 11 is 1.74. The average Bonchev–Trinajstić information content (AvgIpc) is 3.12. The van der Waals surface area contributed by atoms with Crippen molar-refractivity contribution in [3.05, 3.63) is 52.0 Å². The first-order valence-electron chi connectivity index (χ1n) is 9.32. The van der Waals surface area contributed by atoms with E-state index in [1.807, 2.05) is 6.20 Å². The topological polar surface area (TPSA) is 52.6 Å². The molecular formula is C20H32IN5S. The Balaban J connectivity index is 0.00000364. The maximum absolute atomic E-state index is 4.67. The van der Waals surface area contributed by atoms with E-state index < -0.39 is 0 Å². The van der Waals surface area contributed by atoms with E-state index in [1.165, 1.54) is 10.4 Å². The Morgan fingerprint density at radius 1 is 1.22 bits per heavy atom. The molecule has 0 saturated carbocycles. The minimum absolute atomic E-state index is 0. The second-order valence-electron chi connectivity index (χ2n) is 6.40.